The lowest BCUT2D eigenvalue weighted by atomic mass is 10.0. The van der Waals surface area contributed by atoms with Crippen molar-refractivity contribution >= 4 is 19.5 Å². The molecule has 2 aromatic heterocycles. The van der Waals surface area contributed by atoms with Crippen molar-refractivity contribution in [3.8, 4) is 0 Å². The average Bonchev–Trinajstić information content (AvgIpc) is 3.40. The highest BCUT2D eigenvalue weighted by Crippen LogP contribution is 2.46. The molecule has 1 fully saturated rings. The highest BCUT2D eigenvalue weighted by molar-refractivity contribution is 7.51. The van der Waals surface area contributed by atoms with E-state index in [0.717, 1.165) is 11.8 Å². The molecule has 5 atom stereocenters. The number of aliphatic hydroxyl groups is 2. The van der Waals surface area contributed by atoms with Crippen LogP contribution in [0.3, 0.4) is 0 Å². The maximum absolute atomic E-state index is 13.6. The Morgan fingerprint density at radius 3 is 2.63 bits per heavy atom. The molecule has 1 saturated heterocycles. The number of anilines is 1. The first-order chi connectivity index (χ1) is 18.1. The van der Waals surface area contributed by atoms with Crippen LogP contribution in [-0.2, 0) is 38.5 Å². The molecule has 0 saturated carbocycles. The second-order valence-corrected chi connectivity index (χ2v) is 10.2. The summed E-state index contributed by atoms with van der Waals surface area (Å²) in [6, 6.07) is 8.97. The van der Waals surface area contributed by atoms with Crippen LogP contribution in [0.5, 0.6) is 0 Å². The predicted molar refractivity (Wildman–Crippen MR) is 130 cm³/mol. The fourth-order valence-electron chi connectivity index (χ4n) is 3.76. The first kappa shape index (κ1) is 27.5. The maximum atomic E-state index is 13.6. The first-order valence-corrected chi connectivity index (χ1v) is 12.8. The third-order valence-electron chi connectivity index (χ3n) is 5.88. The summed E-state index contributed by atoms with van der Waals surface area (Å²) in [5.41, 5.74) is 6.28. The summed E-state index contributed by atoms with van der Waals surface area (Å²) in [4.78, 5) is 31.3. The summed E-state index contributed by atoms with van der Waals surface area (Å²) < 4.78 is 31.6. The third kappa shape index (κ3) is 6.14. The number of nitro groups is 1. The molecular weight excluding hydrogens is 525 g/mol. The summed E-state index contributed by atoms with van der Waals surface area (Å²) in [5.74, 6) is -0.512. The van der Waals surface area contributed by atoms with Gasteiger partial charge in [0.05, 0.1) is 13.7 Å². The molecule has 3 aromatic rings. The first-order valence-electron chi connectivity index (χ1n) is 11.3. The van der Waals surface area contributed by atoms with Gasteiger partial charge in [0.2, 0.25) is 0 Å². The quantitative estimate of drug-likeness (QED) is 0.123. The van der Waals surface area contributed by atoms with E-state index in [0.29, 0.717) is 0 Å². The van der Waals surface area contributed by atoms with Crippen LogP contribution in [0.2, 0.25) is 0 Å². The molecule has 0 aliphatic carbocycles. The van der Waals surface area contributed by atoms with Gasteiger partial charge in [0.1, 0.15) is 48.7 Å². The lowest BCUT2D eigenvalue weighted by molar-refractivity contribution is -0.396. The highest BCUT2D eigenvalue weighted by atomic mass is 31.2. The number of aromatic amines is 1. The molecule has 204 valence electrons. The number of aliphatic hydroxyl groups excluding tert-OH is 2. The maximum Gasteiger partial charge on any atom is 0.434 e. The molecular formula is C21H26N7O9P. The predicted octanol–water partition coefficient (Wildman–Crippen LogP) is 0.287. The Labute approximate surface area is 215 Å². The lowest BCUT2D eigenvalue weighted by Gasteiger charge is -2.22. The largest absolute Gasteiger partial charge is 0.434 e. The molecule has 1 aliphatic rings. The Bertz CT molecular complexity index is 1380. The number of hydrogen-bond donors (Lipinski definition) is 5. The average molecular weight is 551 g/mol. The second kappa shape index (κ2) is 11.5. The van der Waals surface area contributed by atoms with Gasteiger partial charge in [-0.3, -0.25) is 14.0 Å². The van der Waals surface area contributed by atoms with Crippen LogP contribution in [-0.4, -0.2) is 59.6 Å². The standard InChI is InChI=1S/C21H26N7O9P/c1-27-13(8-24-21(27)28(32)33)10-35-38(34,25-7-12-5-3-2-4-6-12)36-11-15-16(29)17(30)18(37-15)14-9-23-20(31)26-19(14)22/h2-6,8-9,15-18,29-30H,7,10-11H2,1H3,(H,25,34)(H3,22,23,26,31)/t15-,16-,17+,18-,38?/m1/s1. The van der Waals surface area contributed by atoms with Crippen LogP contribution in [0.25, 0.3) is 0 Å². The molecule has 1 aliphatic heterocycles. The number of ether oxygens (including phenoxy) is 1. The van der Waals surface area contributed by atoms with Crippen molar-refractivity contribution < 1.29 is 33.5 Å². The van der Waals surface area contributed by atoms with E-state index < -0.39 is 55.3 Å². The number of aromatic nitrogens is 4. The van der Waals surface area contributed by atoms with Gasteiger partial charge >= 0.3 is 19.4 Å². The molecule has 17 heteroatoms. The number of rotatable bonds is 11. The number of H-pyrrole nitrogens is 1. The van der Waals surface area contributed by atoms with Gasteiger partial charge in [-0.25, -0.2) is 24.0 Å². The smallest absolute Gasteiger partial charge is 0.390 e. The van der Waals surface area contributed by atoms with Crippen molar-refractivity contribution in [1.29, 1.82) is 0 Å². The Hall–Kier alpha value is -3.50. The molecule has 0 amide bonds. The zero-order valence-electron chi connectivity index (χ0n) is 20.0. The monoisotopic (exact) mass is 551 g/mol. The molecule has 1 unspecified atom stereocenters. The summed E-state index contributed by atoms with van der Waals surface area (Å²) in [7, 11) is -2.70. The normalized spacial score (nSPS) is 22.8. The van der Waals surface area contributed by atoms with Crippen LogP contribution >= 0.6 is 7.75 Å². The van der Waals surface area contributed by atoms with E-state index in [9.17, 15) is 29.7 Å². The van der Waals surface area contributed by atoms with Gasteiger partial charge in [-0.05, 0) is 10.5 Å². The van der Waals surface area contributed by atoms with Gasteiger partial charge in [-0.2, -0.15) is 0 Å². The molecule has 3 heterocycles. The molecule has 6 N–H and O–H groups in total. The molecule has 0 bridgehead atoms. The van der Waals surface area contributed by atoms with Crippen molar-refractivity contribution in [2.45, 2.75) is 37.6 Å². The topological polar surface area (TPSA) is 230 Å². The minimum atomic E-state index is -4.11. The summed E-state index contributed by atoms with van der Waals surface area (Å²) >= 11 is 0. The van der Waals surface area contributed by atoms with Crippen molar-refractivity contribution in [2.75, 3.05) is 12.3 Å². The van der Waals surface area contributed by atoms with E-state index >= 15 is 0 Å². The Morgan fingerprint density at radius 2 is 1.97 bits per heavy atom. The molecule has 38 heavy (non-hydrogen) atoms. The van der Waals surface area contributed by atoms with Gasteiger partial charge < -0.3 is 30.8 Å². The summed E-state index contributed by atoms with van der Waals surface area (Å²) in [6.45, 7) is -0.742. The zero-order valence-corrected chi connectivity index (χ0v) is 20.9. The Balaban J connectivity index is 1.47. The van der Waals surface area contributed by atoms with E-state index in [-0.39, 0.29) is 30.2 Å². The SMILES string of the molecule is Cn1c(COP(=O)(NCc2ccccc2)OC[C@H]2O[C@H](c3cnc(=O)[nH]c3N)[C@@H](O)[C@@H]2O)cnc1[N+](=O)[O-]. The minimum Gasteiger partial charge on any atom is -0.390 e. The van der Waals surface area contributed by atoms with Gasteiger partial charge in [0.15, 0.2) is 0 Å². The van der Waals surface area contributed by atoms with Crippen molar-refractivity contribution in [3.05, 3.63) is 80.1 Å². The number of nitrogens with one attached hydrogen (secondary N) is 2. The van der Waals surface area contributed by atoms with Gasteiger partial charge in [0.25, 0.3) is 0 Å². The van der Waals surface area contributed by atoms with Gasteiger partial charge in [-0.1, -0.05) is 35.3 Å². The zero-order chi connectivity index (χ0) is 27.4. The van der Waals surface area contributed by atoms with Crippen LogP contribution < -0.4 is 16.5 Å². The Morgan fingerprint density at radius 1 is 1.24 bits per heavy atom. The number of benzene rings is 1. The molecule has 4 rings (SSSR count). The van der Waals surface area contributed by atoms with Crippen LogP contribution in [0.1, 0.15) is 22.9 Å². The molecule has 16 nitrogen and oxygen atoms in total. The number of hydrogen-bond acceptors (Lipinski definition) is 12. The lowest BCUT2D eigenvalue weighted by Crippen LogP contribution is -2.33. The van der Waals surface area contributed by atoms with Crippen LogP contribution in [0, 0.1) is 10.1 Å². The number of nitrogens with zero attached hydrogens (tertiary/aromatic N) is 4. The number of nitrogen functional groups attached to an aromatic ring is 1. The number of nitrogens with two attached hydrogens (primary N) is 1. The highest BCUT2D eigenvalue weighted by Gasteiger charge is 2.45. The van der Waals surface area contributed by atoms with Crippen molar-refractivity contribution in [1.82, 2.24) is 24.6 Å². The van der Waals surface area contributed by atoms with Crippen LogP contribution in [0.4, 0.5) is 11.8 Å². The van der Waals surface area contributed by atoms with Crippen molar-refractivity contribution in [3.63, 3.8) is 0 Å². The van der Waals surface area contributed by atoms with Crippen LogP contribution in [0.15, 0.2) is 47.5 Å². The van der Waals surface area contributed by atoms with E-state index in [1.54, 1.807) is 24.3 Å². The third-order valence-corrected chi connectivity index (χ3v) is 7.38. The summed E-state index contributed by atoms with van der Waals surface area (Å²) in [6.07, 6.45) is -2.88. The van der Waals surface area contributed by atoms with E-state index in [2.05, 4.69) is 20.0 Å². The summed E-state index contributed by atoms with van der Waals surface area (Å²) in [5, 5.41) is 34.8. The van der Waals surface area contributed by atoms with E-state index in [1.807, 2.05) is 6.07 Å². The van der Waals surface area contributed by atoms with Gasteiger partial charge in [0, 0.05) is 18.3 Å². The van der Waals surface area contributed by atoms with E-state index in [1.165, 1.54) is 17.8 Å². The minimum absolute atomic E-state index is 0.0859. The van der Waals surface area contributed by atoms with Crippen molar-refractivity contribution in [2.24, 2.45) is 7.05 Å². The second-order valence-electron chi connectivity index (χ2n) is 8.39. The number of imidazole rings is 1. The molecule has 0 spiro atoms. The van der Waals surface area contributed by atoms with E-state index in [4.69, 9.17) is 19.5 Å². The molecule has 0 radical (unpaired) electrons. The fourth-order valence-corrected chi connectivity index (χ4v) is 5.04. The fraction of sp³-hybridized carbons (Fsp3) is 0.381. The Kier molecular flexibility index (Phi) is 8.32. The van der Waals surface area contributed by atoms with Gasteiger partial charge in [-0.15, -0.1) is 0 Å². The molecule has 1 aromatic carbocycles.